The molecule has 0 saturated heterocycles. The highest BCUT2D eigenvalue weighted by molar-refractivity contribution is 5.90. The molecule has 0 fully saturated rings. The van der Waals surface area contributed by atoms with Gasteiger partial charge in [-0.05, 0) is 17.7 Å². The number of urea groups is 1. The molecule has 0 heterocycles. The highest BCUT2D eigenvalue weighted by atomic mass is 16.5. The van der Waals surface area contributed by atoms with Gasteiger partial charge in [-0.3, -0.25) is 0 Å². The monoisotopic (exact) mass is 300 g/mol. The SMILES string of the molecule is COc1ccccc1NC(=O)NC[C@H](OC)c1ccccc1. The minimum Gasteiger partial charge on any atom is -0.495 e. The third kappa shape index (κ3) is 4.23. The summed E-state index contributed by atoms with van der Waals surface area (Å²) in [6.45, 7) is 0.376. The zero-order valence-electron chi connectivity index (χ0n) is 12.7. The van der Waals surface area contributed by atoms with Crippen molar-refractivity contribution in [1.29, 1.82) is 0 Å². The van der Waals surface area contributed by atoms with Crippen LogP contribution in [0, 0.1) is 0 Å². The average Bonchev–Trinajstić information content (AvgIpc) is 2.57. The molecule has 5 heteroatoms. The number of methoxy groups -OCH3 is 2. The van der Waals surface area contributed by atoms with Crippen LogP contribution >= 0.6 is 0 Å². The van der Waals surface area contributed by atoms with Crippen molar-refractivity contribution in [2.24, 2.45) is 0 Å². The molecule has 22 heavy (non-hydrogen) atoms. The first-order valence-electron chi connectivity index (χ1n) is 7.00. The van der Waals surface area contributed by atoms with Crippen molar-refractivity contribution in [2.45, 2.75) is 6.10 Å². The second kappa shape index (κ2) is 8.05. The van der Waals surface area contributed by atoms with E-state index in [1.54, 1.807) is 26.4 Å². The van der Waals surface area contributed by atoms with Crippen LogP contribution in [0.15, 0.2) is 54.6 Å². The Hall–Kier alpha value is -2.53. The van der Waals surface area contributed by atoms with Gasteiger partial charge < -0.3 is 20.1 Å². The number of anilines is 1. The van der Waals surface area contributed by atoms with Gasteiger partial charge in [0.1, 0.15) is 5.75 Å². The number of amides is 2. The second-order valence-electron chi connectivity index (χ2n) is 4.67. The van der Waals surface area contributed by atoms with Crippen molar-refractivity contribution >= 4 is 11.7 Å². The van der Waals surface area contributed by atoms with Crippen LogP contribution in [0.2, 0.25) is 0 Å². The molecule has 0 aliphatic rings. The van der Waals surface area contributed by atoms with Crippen LogP contribution in [0.4, 0.5) is 10.5 Å². The molecule has 2 N–H and O–H groups in total. The summed E-state index contributed by atoms with van der Waals surface area (Å²) in [6, 6.07) is 16.7. The number of benzene rings is 2. The maximum atomic E-state index is 12.0. The van der Waals surface area contributed by atoms with Crippen LogP contribution in [0.5, 0.6) is 5.75 Å². The van der Waals surface area contributed by atoms with Gasteiger partial charge in [0.2, 0.25) is 0 Å². The van der Waals surface area contributed by atoms with E-state index in [2.05, 4.69) is 10.6 Å². The lowest BCUT2D eigenvalue weighted by molar-refractivity contribution is 0.104. The van der Waals surface area contributed by atoms with Crippen molar-refractivity contribution in [1.82, 2.24) is 5.32 Å². The molecule has 0 bridgehead atoms. The van der Waals surface area contributed by atoms with Gasteiger partial charge in [-0.15, -0.1) is 0 Å². The second-order valence-corrected chi connectivity index (χ2v) is 4.67. The van der Waals surface area contributed by atoms with Crippen molar-refractivity contribution in [3.05, 3.63) is 60.2 Å². The molecule has 0 radical (unpaired) electrons. The van der Waals surface area contributed by atoms with Crippen molar-refractivity contribution in [3.8, 4) is 5.75 Å². The van der Waals surface area contributed by atoms with Gasteiger partial charge in [0.05, 0.1) is 18.9 Å². The molecular formula is C17H20N2O3. The summed E-state index contributed by atoms with van der Waals surface area (Å²) in [5.74, 6) is 0.615. The lowest BCUT2D eigenvalue weighted by atomic mass is 10.1. The number of nitrogens with one attached hydrogen (secondary N) is 2. The van der Waals surface area contributed by atoms with E-state index in [0.29, 0.717) is 18.0 Å². The van der Waals surface area contributed by atoms with Crippen LogP contribution < -0.4 is 15.4 Å². The fourth-order valence-electron chi connectivity index (χ4n) is 2.10. The maximum Gasteiger partial charge on any atom is 0.319 e. The summed E-state index contributed by atoms with van der Waals surface area (Å²) < 4.78 is 10.6. The molecule has 0 spiro atoms. The van der Waals surface area contributed by atoms with Gasteiger partial charge in [-0.2, -0.15) is 0 Å². The summed E-state index contributed by atoms with van der Waals surface area (Å²) in [4.78, 5) is 12.0. The molecule has 0 aromatic heterocycles. The fourth-order valence-corrected chi connectivity index (χ4v) is 2.10. The molecule has 116 valence electrons. The highest BCUT2D eigenvalue weighted by Gasteiger charge is 2.12. The van der Waals surface area contributed by atoms with E-state index in [1.807, 2.05) is 42.5 Å². The molecule has 0 unspecified atom stereocenters. The first-order valence-corrected chi connectivity index (χ1v) is 7.00. The zero-order chi connectivity index (χ0) is 15.8. The van der Waals surface area contributed by atoms with Gasteiger partial charge in [0.25, 0.3) is 0 Å². The van der Waals surface area contributed by atoms with Crippen LogP contribution in [0.3, 0.4) is 0 Å². The van der Waals surface area contributed by atoms with Crippen LogP contribution in [0.25, 0.3) is 0 Å². The summed E-state index contributed by atoms with van der Waals surface area (Å²) in [5, 5.41) is 5.56. The van der Waals surface area contributed by atoms with E-state index in [4.69, 9.17) is 9.47 Å². The number of rotatable bonds is 6. The summed E-state index contributed by atoms with van der Waals surface area (Å²) >= 11 is 0. The molecular weight excluding hydrogens is 280 g/mol. The minimum absolute atomic E-state index is 0.190. The average molecular weight is 300 g/mol. The molecule has 0 aliphatic carbocycles. The highest BCUT2D eigenvalue weighted by Crippen LogP contribution is 2.22. The van der Waals surface area contributed by atoms with Gasteiger partial charge >= 0.3 is 6.03 Å². The van der Waals surface area contributed by atoms with Gasteiger partial charge in [0, 0.05) is 13.7 Å². The van der Waals surface area contributed by atoms with E-state index in [0.717, 1.165) is 5.56 Å². The Bertz CT molecular complexity index is 602. The zero-order valence-corrected chi connectivity index (χ0v) is 12.7. The van der Waals surface area contributed by atoms with Crippen molar-refractivity contribution in [2.75, 3.05) is 26.1 Å². The predicted octanol–water partition coefficient (Wildman–Crippen LogP) is 3.20. The van der Waals surface area contributed by atoms with E-state index in [-0.39, 0.29) is 12.1 Å². The van der Waals surface area contributed by atoms with Crippen molar-refractivity contribution < 1.29 is 14.3 Å². The van der Waals surface area contributed by atoms with E-state index in [1.165, 1.54) is 0 Å². The van der Waals surface area contributed by atoms with E-state index in [9.17, 15) is 4.79 Å². The molecule has 2 amide bonds. The van der Waals surface area contributed by atoms with Crippen LogP contribution in [0.1, 0.15) is 11.7 Å². The molecule has 2 rings (SSSR count). The molecule has 5 nitrogen and oxygen atoms in total. The summed E-state index contributed by atoms with van der Waals surface area (Å²) in [6.07, 6.45) is -0.190. The van der Waals surface area contributed by atoms with Crippen LogP contribution in [-0.2, 0) is 4.74 Å². The Balaban J connectivity index is 1.92. The summed E-state index contributed by atoms with van der Waals surface area (Å²) in [5.41, 5.74) is 1.64. The van der Waals surface area contributed by atoms with E-state index < -0.39 is 0 Å². The number of carbonyl (C=O) groups excluding carboxylic acids is 1. The third-order valence-corrected chi connectivity index (χ3v) is 3.26. The Kier molecular flexibility index (Phi) is 5.80. The molecule has 1 atom stereocenters. The quantitative estimate of drug-likeness (QED) is 0.861. The standard InChI is InChI=1S/C17H20N2O3/c1-21-15-11-7-6-10-14(15)19-17(20)18-12-16(22-2)13-8-4-3-5-9-13/h3-11,16H,12H2,1-2H3,(H2,18,19,20)/t16-/m0/s1. The number of hydrogen-bond donors (Lipinski definition) is 2. The third-order valence-electron chi connectivity index (χ3n) is 3.26. The summed E-state index contributed by atoms with van der Waals surface area (Å²) in [7, 11) is 3.19. The van der Waals surface area contributed by atoms with Gasteiger partial charge in [0.15, 0.2) is 0 Å². The fraction of sp³-hybridized carbons (Fsp3) is 0.235. The predicted molar refractivity (Wildman–Crippen MR) is 86.2 cm³/mol. The van der Waals surface area contributed by atoms with Crippen molar-refractivity contribution in [3.63, 3.8) is 0 Å². The minimum atomic E-state index is -0.303. The first kappa shape index (κ1) is 15.9. The van der Waals surface area contributed by atoms with Crippen LogP contribution in [-0.4, -0.2) is 26.8 Å². The van der Waals surface area contributed by atoms with E-state index >= 15 is 0 Å². The molecule has 2 aromatic rings. The molecule has 0 saturated carbocycles. The Morgan fingerprint density at radius 1 is 1.05 bits per heavy atom. The number of hydrogen-bond acceptors (Lipinski definition) is 3. The van der Waals surface area contributed by atoms with Gasteiger partial charge in [-0.25, -0.2) is 4.79 Å². The first-order chi connectivity index (χ1) is 10.7. The molecule has 0 aliphatic heterocycles. The Morgan fingerprint density at radius 3 is 2.41 bits per heavy atom. The largest absolute Gasteiger partial charge is 0.495 e. The molecule has 2 aromatic carbocycles. The normalized spacial score (nSPS) is 11.5. The Labute approximate surface area is 130 Å². The maximum absolute atomic E-state index is 12.0. The number of para-hydroxylation sites is 2. The number of ether oxygens (including phenoxy) is 2. The lowest BCUT2D eigenvalue weighted by Crippen LogP contribution is -2.33. The topological polar surface area (TPSA) is 59.6 Å². The number of carbonyl (C=O) groups is 1. The Morgan fingerprint density at radius 2 is 1.73 bits per heavy atom. The lowest BCUT2D eigenvalue weighted by Gasteiger charge is -2.17. The van der Waals surface area contributed by atoms with Gasteiger partial charge in [-0.1, -0.05) is 42.5 Å². The smallest absolute Gasteiger partial charge is 0.319 e.